The Morgan fingerprint density at radius 1 is 0.667 bits per heavy atom. The second-order valence-corrected chi connectivity index (χ2v) is 8.78. The van der Waals surface area contributed by atoms with Crippen molar-refractivity contribution in [1.29, 1.82) is 16.2 Å². The van der Waals surface area contributed by atoms with Crippen molar-refractivity contribution in [3.05, 3.63) is 76.7 Å². The van der Waals surface area contributed by atoms with Crippen LogP contribution in [0.25, 0.3) is 0 Å². The van der Waals surface area contributed by atoms with Gasteiger partial charge in [-0.05, 0) is 88.1 Å². The Kier molecular flexibility index (Phi) is 9.32. The van der Waals surface area contributed by atoms with Gasteiger partial charge in [-0.2, -0.15) is 0 Å². The minimum atomic E-state index is 0.0491. The summed E-state index contributed by atoms with van der Waals surface area (Å²) in [5, 5.41) is 23.5. The van der Waals surface area contributed by atoms with Gasteiger partial charge in [-0.3, -0.25) is 16.2 Å². The quantitative estimate of drug-likeness (QED) is 0.133. The summed E-state index contributed by atoms with van der Waals surface area (Å²) in [6.45, 7) is 6.91. The number of hydrogen-bond donors (Lipinski definition) is 5. The van der Waals surface area contributed by atoms with Gasteiger partial charge in [0.1, 0.15) is 23.2 Å². The fourth-order valence-corrected chi connectivity index (χ4v) is 3.99. The molecule has 7 N–H and O–H groups in total. The number of nitrogen functional groups attached to an aromatic ring is 2. The van der Waals surface area contributed by atoms with Crippen LogP contribution in [0, 0.1) is 30.1 Å². The maximum Gasteiger partial charge on any atom is 0.202 e. The van der Waals surface area contributed by atoms with E-state index in [0.29, 0.717) is 30.0 Å². The summed E-state index contributed by atoms with van der Waals surface area (Å²) in [7, 11) is 0. The van der Waals surface area contributed by atoms with Gasteiger partial charge in [0.25, 0.3) is 0 Å². The lowest BCUT2D eigenvalue weighted by molar-refractivity contribution is 0.300. The Bertz CT molecular complexity index is 1130. The van der Waals surface area contributed by atoms with Crippen molar-refractivity contribution in [2.24, 2.45) is 11.5 Å². The Balaban J connectivity index is 1.40. The second-order valence-electron chi connectivity index (χ2n) is 8.78. The number of hydrogen-bond acceptors (Lipinski definition) is 5. The van der Waals surface area contributed by atoms with Gasteiger partial charge in [0.15, 0.2) is 0 Å². The third-order valence-electron chi connectivity index (χ3n) is 6.26. The second kappa shape index (κ2) is 12.6. The van der Waals surface area contributed by atoms with E-state index in [2.05, 4.69) is 23.0 Å². The van der Waals surface area contributed by atoms with E-state index in [1.165, 1.54) is 0 Å². The zero-order valence-corrected chi connectivity index (χ0v) is 21.1. The smallest absolute Gasteiger partial charge is 0.202 e. The lowest BCUT2D eigenvalue weighted by Gasteiger charge is -2.09. The molecule has 9 heteroatoms. The SMILES string of the molecule is Cc1c(C)n(CCCCOc2ccc(C(=N)N)cc2)c(=N)n1CCCCOc1ccc(C(=N)N)cc1. The summed E-state index contributed by atoms with van der Waals surface area (Å²) < 4.78 is 15.7. The maximum absolute atomic E-state index is 8.66. The molecule has 0 aliphatic heterocycles. The van der Waals surface area contributed by atoms with Crippen LogP contribution in [-0.4, -0.2) is 34.0 Å². The monoisotopic (exact) mass is 491 g/mol. The van der Waals surface area contributed by atoms with Gasteiger partial charge >= 0.3 is 0 Å². The fraction of sp³-hybridized carbons (Fsp3) is 0.370. The molecule has 3 rings (SSSR count). The highest BCUT2D eigenvalue weighted by Crippen LogP contribution is 2.14. The van der Waals surface area contributed by atoms with Crippen LogP contribution in [0.3, 0.4) is 0 Å². The molecule has 0 spiro atoms. The minimum absolute atomic E-state index is 0.0491. The molecule has 0 fully saturated rings. The Labute approximate surface area is 212 Å². The Hall–Kier alpha value is -4.01. The molecule has 0 amide bonds. The molecule has 0 atom stereocenters. The average Bonchev–Trinajstić information content (AvgIpc) is 3.07. The third-order valence-corrected chi connectivity index (χ3v) is 6.26. The summed E-state index contributed by atoms with van der Waals surface area (Å²) in [6.07, 6.45) is 3.61. The molecule has 0 saturated heterocycles. The van der Waals surface area contributed by atoms with Gasteiger partial charge in [-0.1, -0.05) is 0 Å². The van der Waals surface area contributed by atoms with Crippen molar-refractivity contribution >= 4 is 11.7 Å². The first-order valence-corrected chi connectivity index (χ1v) is 12.2. The molecule has 0 aliphatic rings. The molecule has 0 aliphatic carbocycles. The normalized spacial score (nSPS) is 10.8. The van der Waals surface area contributed by atoms with Crippen molar-refractivity contribution < 1.29 is 9.47 Å². The highest BCUT2D eigenvalue weighted by Gasteiger charge is 2.11. The van der Waals surface area contributed by atoms with Crippen LogP contribution < -0.4 is 26.6 Å². The van der Waals surface area contributed by atoms with Crippen molar-refractivity contribution in [2.45, 2.75) is 52.6 Å². The molecule has 2 aromatic carbocycles. The van der Waals surface area contributed by atoms with E-state index in [4.69, 9.17) is 37.2 Å². The fourth-order valence-electron chi connectivity index (χ4n) is 3.99. The molecule has 9 nitrogen and oxygen atoms in total. The van der Waals surface area contributed by atoms with Crippen LogP contribution in [0.2, 0.25) is 0 Å². The average molecular weight is 492 g/mol. The standard InChI is InChI=1S/C27H37N7O2/c1-19-20(2)34(16-4-6-18-36-24-13-9-22(10-14-24)26(30)31)27(32)33(19)15-3-5-17-35-23-11-7-21(8-12-23)25(28)29/h7-14,32H,3-6,15-18H2,1-2H3,(H3,28,29)(H3,30,31). The molecule has 36 heavy (non-hydrogen) atoms. The van der Waals surface area contributed by atoms with Crippen LogP contribution in [-0.2, 0) is 13.1 Å². The van der Waals surface area contributed by atoms with Gasteiger partial charge < -0.3 is 30.1 Å². The maximum atomic E-state index is 8.66. The molecule has 0 bridgehead atoms. The van der Waals surface area contributed by atoms with Gasteiger partial charge in [-0.15, -0.1) is 0 Å². The van der Waals surface area contributed by atoms with E-state index < -0.39 is 0 Å². The number of ether oxygens (including phenoxy) is 2. The van der Waals surface area contributed by atoms with E-state index in [0.717, 1.165) is 61.7 Å². The third kappa shape index (κ3) is 7.00. The first-order chi connectivity index (χ1) is 17.3. The number of unbranched alkanes of at least 4 members (excludes halogenated alkanes) is 2. The molecule has 192 valence electrons. The molecule has 0 saturated carbocycles. The van der Waals surface area contributed by atoms with Crippen molar-refractivity contribution in [3.63, 3.8) is 0 Å². The zero-order valence-electron chi connectivity index (χ0n) is 21.1. The molecule has 1 heterocycles. The van der Waals surface area contributed by atoms with Crippen LogP contribution in [0.4, 0.5) is 0 Å². The van der Waals surface area contributed by atoms with Crippen LogP contribution >= 0.6 is 0 Å². The molecule has 0 radical (unpaired) electrons. The number of nitrogens with one attached hydrogen (secondary N) is 3. The highest BCUT2D eigenvalue weighted by molar-refractivity contribution is 5.95. The number of amidine groups is 2. The molecule has 1 aromatic heterocycles. The molecular formula is C27H37N7O2. The summed E-state index contributed by atoms with van der Waals surface area (Å²) in [4.78, 5) is 0. The number of rotatable bonds is 14. The van der Waals surface area contributed by atoms with E-state index >= 15 is 0 Å². The molecular weight excluding hydrogens is 454 g/mol. The van der Waals surface area contributed by atoms with E-state index in [-0.39, 0.29) is 11.7 Å². The van der Waals surface area contributed by atoms with E-state index in [9.17, 15) is 0 Å². The van der Waals surface area contributed by atoms with Gasteiger partial charge in [0, 0.05) is 35.6 Å². The Morgan fingerprint density at radius 2 is 1.03 bits per heavy atom. The molecule has 3 aromatic rings. The zero-order chi connectivity index (χ0) is 26.1. The van der Waals surface area contributed by atoms with E-state index in [1.807, 2.05) is 24.3 Å². The number of aromatic nitrogens is 2. The van der Waals surface area contributed by atoms with Crippen molar-refractivity contribution in [3.8, 4) is 11.5 Å². The highest BCUT2D eigenvalue weighted by atomic mass is 16.5. The summed E-state index contributed by atoms with van der Waals surface area (Å²) in [5.74, 6) is 1.63. The van der Waals surface area contributed by atoms with E-state index in [1.54, 1.807) is 24.3 Å². The first kappa shape index (κ1) is 26.6. The largest absolute Gasteiger partial charge is 0.494 e. The van der Waals surface area contributed by atoms with Gasteiger partial charge in [-0.25, -0.2) is 0 Å². The van der Waals surface area contributed by atoms with Crippen molar-refractivity contribution in [2.75, 3.05) is 13.2 Å². The van der Waals surface area contributed by atoms with Crippen LogP contribution in [0.1, 0.15) is 48.2 Å². The topological polar surface area (TPSA) is 152 Å². The number of nitrogens with zero attached hydrogens (tertiary/aromatic N) is 2. The number of nitrogens with two attached hydrogens (primary N) is 2. The lowest BCUT2D eigenvalue weighted by Crippen LogP contribution is -2.26. The minimum Gasteiger partial charge on any atom is -0.494 e. The van der Waals surface area contributed by atoms with Crippen LogP contribution in [0.15, 0.2) is 48.5 Å². The number of benzene rings is 2. The predicted octanol–water partition coefficient (Wildman–Crippen LogP) is 3.67. The summed E-state index contributed by atoms with van der Waals surface area (Å²) >= 11 is 0. The number of imidazole rings is 1. The predicted molar refractivity (Wildman–Crippen MR) is 142 cm³/mol. The van der Waals surface area contributed by atoms with Gasteiger partial charge in [0.2, 0.25) is 5.62 Å². The molecule has 0 unspecified atom stereocenters. The lowest BCUT2D eigenvalue weighted by atomic mass is 10.2. The Morgan fingerprint density at radius 3 is 1.36 bits per heavy atom. The van der Waals surface area contributed by atoms with Crippen LogP contribution in [0.5, 0.6) is 11.5 Å². The van der Waals surface area contributed by atoms with Crippen molar-refractivity contribution in [1.82, 2.24) is 9.13 Å². The summed E-state index contributed by atoms with van der Waals surface area (Å²) in [6, 6.07) is 14.5. The van der Waals surface area contributed by atoms with Gasteiger partial charge in [0.05, 0.1) is 13.2 Å². The summed E-state index contributed by atoms with van der Waals surface area (Å²) in [5.41, 5.74) is 15.1. The first-order valence-electron chi connectivity index (χ1n) is 12.2.